The molecule has 2 aromatic rings. The third-order valence-electron chi connectivity index (χ3n) is 4.39. The first kappa shape index (κ1) is 18.2. The molecule has 3 rings (SSSR count). The lowest BCUT2D eigenvalue weighted by molar-refractivity contribution is -0.00546. The maximum atomic E-state index is 12.3. The summed E-state index contributed by atoms with van der Waals surface area (Å²) >= 11 is 0. The molecular formula is C20H25N3O3. The van der Waals surface area contributed by atoms with Gasteiger partial charge in [0.05, 0.1) is 17.8 Å². The number of hydrogen-bond acceptors (Lipinski definition) is 5. The molecule has 1 aromatic carbocycles. The monoisotopic (exact) mass is 355 g/mol. The fraction of sp³-hybridized carbons (Fsp3) is 0.400. The quantitative estimate of drug-likeness (QED) is 0.861. The van der Waals surface area contributed by atoms with Gasteiger partial charge in [0.1, 0.15) is 11.6 Å². The van der Waals surface area contributed by atoms with Crippen molar-refractivity contribution in [1.29, 1.82) is 0 Å². The van der Waals surface area contributed by atoms with Crippen LogP contribution in [-0.4, -0.2) is 47.8 Å². The van der Waals surface area contributed by atoms with Gasteiger partial charge in [0, 0.05) is 25.8 Å². The molecule has 138 valence electrons. The summed E-state index contributed by atoms with van der Waals surface area (Å²) in [6, 6.07) is 10.7. The number of carbonyl (C=O) groups excluding carboxylic acids is 1. The molecule has 0 spiro atoms. The zero-order valence-electron chi connectivity index (χ0n) is 15.2. The molecule has 1 fully saturated rings. The lowest BCUT2D eigenvalue weighted by Gasteiger charge is -2.36. The minimum absolute atomic E-state index is 0.133. The van der Waals surface area contributed by atoms with Crippen LogP contribution in [0.2, 0.25) is 0 Å². The van der Waals surface area contributed by atoms with Gasteiger partial charge in [-0.2, -0.15) is 0 Å². The predicted molar refractivity (Wildman–Crippen MR) is 101 cm³/mol. The number of aromatic hydroxyl groups is 1. The molecule has 2 atom stereocenters. The van der Waals surface area contributed by atoms with Gasteiger partial charge in [-0.25, -0.2) is 4.98 Å². The summed E-state index contributed by atoms with van der Waals surface area (Å²) in [6.07, 6.45) is 2.67. The number of nitrogens with one attached hydrogen (secondary N) is 1. The molecule has 6 heteroatoms. The molecule has 0 aliphatic carbocycles. The lowest BCUT2D eigenvalue weighted by Crippen LogP contribution is -2.45. The fourth-order valence-corrected chi connectivity index (χ4v) is 3.16. The average molecular weight is 355 g/mol. The number of pyridine rings is 1. The summed E-state index contributed by atoms with van der Waals surface area (Å²) in [6.45, 7) is 6.24. The standard InChI is InChI=1S/C20H25N3O3/c1-14-12-23(13-15(2)26-14)19-8-5-17(11-22-19)20(25)21-10-9-16-3-6-18(24)7-4-16/h3-8,11,14-15,24H,9-10,12-13H2,1-2H3,(H,21,25)/t14-,15-/m0/s1. The number of benzene rings is 1. The van der Waals surface area contributed by atoms with E-state index < -0.39 is 0 Å². The Hall–Kier alpha value is -2.60. The van der Waals surface area contributed by atoms with E-state index in [1.165, 1.54) is 0 Å². The Labute approximate surface area is 153 Å². The smallest absolute Gasteiger partial charge is 0.252 e. The van der Waals surface area contributed by atoms with Crippen LogP contribution in [0.5, 0.6) is 5.75 Å². The zero-order chi connectivity index (χ0) is 18.5. The molecule has 1 amide bonds. The minimum Gasteiger partial charge on any atom is -0.508 e. The van der Waals surface area contributed by atoms with Crippen molar-refractivity contribution in [2.45, 2.75) is 32.5 Å². The summed E-state index contributed by atoms with van der Waals surface area (Å²) in [5, 5.41) is 12.2. The van der Waals surface area contributed by atoms with Gasteiger partial charge in [0.15, 0.2) is 0 Å². The Morgan fingerprint density at radius 1 is 1.19 bits per heavy atom. The molecule has 1 aliphatic heterocycles. The maximum Gasteiger partial charge on any atom is 0.252 e. The van der Waals surface area contributed by atoms with Crippen LogP contribution < -0.4 is 10.2 Å². The number of anilines is 1. The number of phenolic OH excluding ortho intramolecular Hbond substituents is 1. The maximum absolute atomic E-state index is 12.3. The van der Waals surface area contributed by atoms with Crippen molar-refractivity contribution in [3.05, 3.63) is 53.7 Å². The summed E-state index contributed by atoms with van der Waals surface area (Å²) in [7, 11) is 0. The highest BCUT2D eigenvalue weighted by Crippen LogP contribution is 2.18. The number of ether oxygens (including phenoxy) is 1. The van der Waals surface area contributed by atoms with Crippen LogP contribution in [0.25, 0.3) is 0 Å². The van der Waals surface area contributed by atoms with Crippen LogP contribution in [0.3, 0.4) is 0 Å². The van der Waals surface area contributed by atoms with Gasteiger partial charge in [0.2, 0.25) is 0 Å². The van der Waals surface area contributed by atoms with E-state index in [-0.39, 0.29) is 23.9 Å². The van der Waals surface area contributed by atoms with Crippen LogP contribution in [0, 0.1) is 0 Å². The molecule has 26 heavy (non-hydrogen) atoms. The van der Waals surface area contributed by atoms with E-state index in [4.69, 9.17) is 4.74 Å². The second-order valence-corrected chi connectivity index (χ2v) is 6.74. The van der Waals surface area contributed by atoms with Crippen molar-refractivity contribution >= 4 is 11.7 Å². The van der Waals surface area contributed by atoms with Gasteiger partial charge in [-0.15, -0.1) is 0 Å². The molecule has 0 saturated carbocycles. The first-order valence-electron chi connectivity index (χ1n) is 8.94. The number of amides is 1. The van der Waals surface area contributed by atoms with Crippen LogP contribution in [0.15, 0.2) is 42.6 Å². The van der Waals surface area contributed by atoms with Gasteiger partial charge >= 0.3 is 0 Å². The Kier molecular flexibility index (Phi) is 5.73. The molecule has 2 heterocycles. The molecule has 0 bridgehead atoms. The average Bonchev–Trinajstić information content (AvgIpc) is 2.62. The van der Waals surface area contributed by atoms with Crippen molar-refractivity contribution < 1.29 is 14.6 Å². The predicted octanol–water partition coefficient (Wildman–Crippen LogP) is 2.37. The molecule has 1 saturated heterocycles. The van der Waals surface area contributed by atoms with Crippen LogP contribution >= 0.6 is 0 Å². The minimum atomic E-state index is -0.133. The number of nitrogens with zero attached hydrogens (tertiary/aromatic N) is 2. The van der Waals surface area contributed by atoms with Crippen LogP contribution in [0.4, 0.5) is 5.82 Å². The second kappa shape index (κ2) is 8.19. The van der Waals surface area contributed by atoms with Crippen molar-refractivity contribution in [3.63, 3.8) is 0 Å². The highest BCUT2D eigenvalue weighted by Gasteiger charge is 2.23. The summed E-state index contributed by atoms with van der Waals surface area (Å²) in [4.78, 5) is 18.9. The van der Waals surface area contributed by atoms with E-state index in [0.29, 0.717) is 18.5 Å². The van der Waals surface area contributed by atoms with Crippen LogP contribution in [0.1, 0.15) is 29.8 Å². The highest BCUT2D eigenvalue weighted by atomic mass is 16.5. The molecule has 2 N–H and O–H groups in total. The van der Waals surface area contributed by atoms with E-state index in [0.717, 1.165) is 24.5 Å². The molecule has 0 radical (unpaired) electrons. The summed E-state index contributed by atoms with van der Waals surface area (Å²) < 4.78 is 5.74. The molecule has 1 aromatic heterocycles. The van der Waals surface area contributed by atoms with Gasteiger partial charge in [-0.3, -0.25) is 4.79 Å². The third-order valence-corrected chi connectivity index (χ3v) is 4.39. The number of carbonyl (C=O) groups is 1. The Morgan fingerprint density at radius 2 is 1.88 bits per heavy atom. The Morgan fingerprint density at radius 3 is 2.50 bits per heavy atom. The van der Waals surface area contributed by atoms with E-state index in [1.54, 1.807) is 18.3 Å². The van der Waals surface area contributed by atoms with Gasteiger partial charge in [-0.05, 0) is 50.1 Å². The normalized spacial score (nSPS) is 20.0. The molecular weight excluding hydrogens is 330 g/mol. The van der Waals surface area contributed by atoms with Crippen molar-refractivity contribution in [2.24, 2.45) is 0 Å². The summed E-state index contributed by atoms with van der Waals surface area (Å²) in [5.74, 6) is 0.979. The topological polar surface area (TPSA) is 74.7 Å². The van der Waals surface area contributed by atoms with Crippen LogP contribution in [-0.2, 0) is 11.2 Å². The SMILES string of the molecule is C[C@H]1CN(c2ccc(C(=O)NCCc3ccc(O)cc3)cn2)C[C@H](C)O1. The largest absolute Gasteiger partial charge is 0.508 e. The Balaban J connectivity index is 1.52. The number of aromatic nitrogens is 1. The molecule has 6 nitrogen and oxygen atoms in total. The number of hydrogen-bond donors (Lipinski definition) is 2. The van der Waals surface area contributed by atoms with Gasteiger partial charge < -0.3 is 20.1 Å². The fourth-order valence-electron chi connectivity index (χ4n) is 3.16. The lowest BCUT2D eigenvalue weighted by atomic mass is 10.1. The van der Waals surface area contributed by atoms with E-state index in [2.05, 4.69) is 29.0 Å². The number of morpholine rings is 1. The first-order chi connectivity index (χ1) is 12.5. The van der Waals surface area contributed by atoms with Gasteiger partial charge in [0.25, 0.3) is 5.91 Å². The van der Waals surface area contributed by atoms with E-state index >= 15 is 0 Å². The van der Waals surface area contributed by atoms with E-state index in [1.807, 2.05) is 24.3 Å². The second-order valence-electron chi connectivity index (χ2n) is 6.74. The van der Waals surface area contributed by atoms with Crippen molar-refractivity contribution in [2.75, 3.05) is 24.5 Å². The molecule has 0 unspecified atom stereocenters. The van der Waals surface area contributed by atoms with Crippen molar-refractivity contribution in [3.8, 4) is 5.75 Å². The zero-order valence-corrected chi connectivity index (χ0v) is 15.2. The Bertz CT molecular complexity index is 721. The van der Waals surface area contributed by atoms with Gasteiger partial charge in [-0.1, -0.05) is 12.1 Å². The van der Waals surface area contributed by atoms with E-state index in [9.17, 15) is 9.90 Å². The summed E-state index contributed by atoms with van der Waals surface area (Å²) in [5.41, 5.74) is 1.61. The third kappa shape index (κ3) is 4.73. The van der Waals surface area contributed by atoms with Crippen molar-refractivity contribution in [1.82, 2.24) is 10.3 Å². The first-order valence-corrected chi connectivity index (χ1v) is 8.94. The molecule has 1 aliphatic rings. The highest BCUT2D eigenvalue weighted by molar-refractivity contribution is 5.94. The number of rotatable bonds is 5. The number of phenols is 1.